The number of rotatable bonds is 8. The molecule has 2 aromatic rings. The number of sulfonamides is 2. The molecular weight excluding hydrogens is 390 g/mol. The third kappa shape index (κ3) is 5.01. The van der Waals surface area contributed by atoms with Crippen LogP contribution in [0.5, 0.6) is 0 Å². The van der Waals surface area contributed by atoms with Gasteiger partial charge in [-0.15, -0.1) is 4.83 Å². The topological polar surface area (TPSA) is 121 Å². The molecule has 27 heavy (non-hydrogen) atoms. The number of aryl methyl sites for hydroxylation is 2. The van der Waals surface area contributed by atoms with E-state index in [-0.39, 0.29) is 15.7 Å². The minimum absolute atomic E-state index is 0.0377. The van der Waals surface area contributed by atoms with Gasteiger partial charge in [0, 0.05) is 24.5 Å². The number of nitrogens with zero attached hydrogens (tertiary/aromatic N) is 3. The van der Waals surface area contributed by atoms with Gasteiger partial charge in [0.15, 0.2) is 0 Å². The van der Waals surface area contributed by atoms with E-state index in [1.165, 1.54) is 28.6 Å². The first-order valence-corrected chi connectivity index (χ1v) is 11.2. The summed E-state index contributed by atoms with van der Waals surface area (Å²) in [5.74, 6) is 0.122. The van der Waals surface area contributed by atoms with E-state index in [4.69, 9.17) is 0 Å². The summed E-state index contributed by atoms with van der Waals surface area (Å²) in [7, 11) is -7.57. The van der Waals surface area contributed by atoms with Crippen molar-refractivity contribution in [1.29, 1.82) is 0 Å². The van der Waals surface area contributed by atoms with Crippen LogP contribution >= 0.6 is 0 Å². The fourth-order valence-electron chi connectivity index (χ4n) is 2.46. The number of aromatic nitrogens is 2. The van der Waals surface area contributed by atoms with Crippen LogP contribution in [0.15, 0.2) is 40.1 Å². The Bertz CT molecular complexity index is 981. The molecule has 1 heterocycles. The van der Waals surface area contributed by atoms with E-state index in [1.54, 1.807) is 33.8 Å². The maximum Gasteiger partial charge on any atom is 0.257 e. The average Bonchev–Trinajstić information content (AvgIpc) is 2.60. The van der Waals surface area contributed by atoms with Crippen LogP contribution in [-0.4, -0.2) is 44.2 Å². The van der Waals surface area contributed by atoms with Crippen LogP contribution in [0.2, 0.25) is 0 Å². The molecule has 0 aliphatic heterocycles. The molecule has 2 N–H and O–H groups in total. The summed E-state index contributed by atoms with van der Waals surface area (Å²) in [6.45, 7) is 7.68. The van der Waals surface area contributed by atoms with E-state index in [9.17, 15) is 16.8 Å². The third-order valence-corrected chi connectivity index (χ3v) is 7.08. The number of hydrogen-bond acceptors (Lipinski definition) is 7. The molecule has 0 aliphatic rings. The van der Waals surface area contributed by atoms with Gasteiger partial charge in [-0.2, -0.15) is 4.31 Å². The van der Waals surface area contributed by atoms with Gasteiger partial charge in [-0.25, -0.2) is 26.8 Å². The number of hydrogen-bond donors (Lipinski definition) is 2. The van der Waals surface area contributed by atoms with Gasteiger partial charge in [-0.1, -0.05) is 13.8 Å². The van der Waals surface area contributed by atoms with E-state index < -0.39 is 20.0 Å². The normalized spacial score (nSPS) is 12.3. The average molecular weight is 414 g/mol. The molecule has 2 rings (SSSR count). The minimum atomic E-state index is -3.93. The summed E-state index contributed by atoms with van der Waals surface area (Å²) in [4.78, 5) is 10.3. The minimum Gasteiger partial charge on any atom is -0.276 e. The van der Waals surface area contributed by atoms with E-state index in [0.717, 1.165) is 0 Å². The van der Waals surface area contributed by atoms with Crippen LogP contribution in [0.1, 0.15) is 25.2 Å². The van der Waals surface area contributed by atoms with Crippen molar-refractivity contribution >= 4 is 26.0 Å². The Morgan fingerprint density at radius 3 is 1.85 bits per heavy atom. The molecule has 9 nitrogen and oxygen atoms in total. The Labute approximate surface area is 159 Å². The van der Waals surface area contributed by atoms with E-state index in [1.807, 2.05) is 0 Å². The molecule has 1 aromatic heterocycles. The zero-order chi connectivity index (χ0) is 20.2. The molecule has 1 aromatic carbocycles. The van der Waals surface area contributed by atoms with Gasteiger partial charge in [0.05, 0.1) is 9.79 Å². The Hall–Kier alpha value is -2.08. The maximum absolute atomic E-state index is 12.5. The Morgan fingerprint density at radius 1 is 0.889 bits per heavy atom. The third-order valence-electron chi connectivity index (χ3n) is 3.76. The summed E-state index contributed by atoms with van der Waals surface area (Å²) >= 11 is 0. The quantitative estimate of drug-likeness (QED) is 0.628. The van der Waals surface area contributed by atoms with Crippen LogP contribution in [0.4, 0.5) is 5.95 Å². The molecule has 0 unspecified atom stereocenters. The lowest BCUT2D eigenvalue weighted by Gasteiger charge is -2.18. The molecule has 0 spiro atoms. The molecule has 0 radical (unpaired) electrons. The highest BCUT2D eigenvalue weighted by Gasteiger charge is 2.22. The molecular formula is C16H23N5O4S2. The highest BCUT2D eigenvalue weighted by molar-refractivity contribution is 7.89. The maximum atomic E-state index is 12.5. The van der Waals surface area contributed by atoms with E-state index in [2.05, 4.69) is 20.2 Å². The predicted molar refractivity (Wildman–Crippen MR) is 102 cm³/mol. The molecule has 0 saturated carbocycles. The standard InChI is InChI=1S/C16H23N5O4S2/c1-5-21(6-2)27(24,25)15-9-7-14(8-10-15)26(22,23)20-19-16-17-12(3)11-13(4)18-16/h7-11,20H,5-6H2,1-4H3,(H,17,18,19). The predicted octanol–water partition coefficient (Wildman–Crippen LogP) is 1.43. The summed E-state index contributed by atoms with van der Waals surface area (Å²) in [5.41, 5.74) is 3.84. The van der Waals surface area contributed by atoms with Crippen LogP contribution < -0.4 is 10.3 Å². The van der Waals surface area contributed by atoms with Gasteiger partial charge in [-0.05, 0) is 44.2 Å². The van der Waals surface area contributed by atoms with Gasteiger partial charge < -0.3 is 0 Å². The van der Waals surface area contributed by atoms with Crippen molar-refractivity contribution in [2.24, 2.45) is 0 Å². The van der Waals surface area contributed by atoms with E-state index in [0.29, 0.717) is 24.5 Å². The first-order chi connectivity index (χ1) is 12.6. The van der Waals surface area contributed by atoms with Crippen molar-refractivity contribution in [3.8, 4) is 0 Å². The van der Waals surface area contributed by atoms with Crippen molar-refractivity contribution < 1.29 is 16.8 Å². The molecule has 0 aliphatic carbocycles. The van der Waals surface area contributed by atoms with Gasteiger partial charge >= 0.3 is 0 Å². The molecule has 148 valence electrons. The van der Waals surface area contributed by atoms with E-state index >= 15 is 0 Å². The number of benzene rings is 1. The molecule has 0 fully saturated rings. The molecule has 0 amide bonds. The molecule has 11 heteroatoms. The van der Waals surface area contributed by atoms with Gasteiger partial charge in [0.25, 0.3) is 10.0 Å². The second-order valence-corrected chi connectivity index (χ2v) is 9.39. The molecule has 0 atom stereocenters. The zero-order valence-electron chi connectivity index (χ0n) is 15.6. The van der Waals surface area contributed by atoms with Gasteiger partial charge in [-0.3, -0.25) is 5.43 Å². The van der Waals surface area contributed by atoms with Crippen molar-refractivity contribution in [3.05, 3.63) is 41.7 Å². The lowest BCUT2D eigenvalue weighted by Crippen LogP contribution is -2.31. The monoisotopic (exact) mass is 413 g/mol. The highest BCUT2D eigenvalue weighted by Crippen LogP contribution is 2.18. The first-order valence-electron chi connectivity index (χ1n) is 8.30. The SMILES string of the molecule is CCN(CC)S(=O)(=O)c1ccc(S(=O)(=O)NNc2nc(C)cc(C)n2)cc1. The highest BCUT2D eigenvalue weighted by atomic mass is 32.2. The van der Waals surface area contributed by atoms with Crippen LogP contribution in [-0.2, 0) is 20.0 Å². The van der Waals surface area contributed by atoms with Crippen molar-refractivity contribution in [2.45, 2.75) is 37.5 Å². The van der Waals surface area contributed by atoms with Gasteiger partial charge in [0.1, 0.15) is 0 Å². The fourth-order valence-corrected chi connectivity index (χ4v) is 4.75. The van der Waals surface area contributed by atoms with Crippen LogP contribution in [0.25, 0.3) is 0 Å². The zero-order valence-corrected chi connectivity index (χ0v) is 17.2. The Balaban J connectivity index is 2.20. The van der Waals surface area contributed by atoms with Crippen molar-refractivity contribution in [3.63, 3.8) is 0 Å². The molecule has 0 saturated heterocycles. The number of hydrazine groups is 1. The number of anilines is 1. The lowest BCUT2D eigenvalue weighted by molar-refractivity contribution is 0.445. The van der Waals surface area contributed by atoms with Crippen LogP contribution in [0.3, 0.4) is 0 Å². The van der Waals surface area contributed by atoms with Gasteiger partial charge in [0.2, 0.25) is 16.0 Å². The summed E-state index contributed by atoms with van der Waals surface area (Å²) < 4.78 is 51.0. The van der Waals surface area contributed by atoms with Crippen molar-refractivity contribution in [2.75, 3.05) is 18.5 Å². The first kappa shape index (κ1) is 21.2. The Morgan fingerprint density at radius 2 is 1.37 bits per heavy atom. The number of nitrogens with one attached hydrogen (secondary N) is 2. The molecule has 0 bridgehead atoms. The smallest absolute Gasteiger partial charge is 0.257 e. The van der Waals surface area contributed by atoms with Crippen LogP contribution in [0, 0.1) is 13.8 Å². The second kappa shape index (κ2) is 8.30. The summed E-state index contributed by atoms with van der Waals surface area (Å²) in [6.07, 6.45) is 0. The summed E-state index contributed by atoms with van der Waals surface area (Å²) in [5, 5.41) is 0. The Kier molecular flexibility index (Phi) is 6.52. The second-order valence-electron chi connectivity index (χ2n) is 5.77. The van der Waals surface area contributed by atoms with Crippen molar-refractivity contribution in [1.82, 2.24) is 19.1 Å². The summed E-state index contributed by atoms with van der Waals surface area (Å²) in [6, 6.07) is 6.78. The largest absolute Gasteiger partial charge is 0.276 e. The fraction of sp³-hybridized carbons (Fsp3) is 0.375. The lowest BCUT2D eigenvalue weighted by atomic mass is 10.4.